The number of H-pyrrole nitrogens is 1. The first-order valence-corrected chi connectivity index (χ1v) is 3.66. The fourth-order valence-corrected chi connectivity index (χ4v) is 1.08. The van der Waals surface area contributed by atoms with Crippen molar-refractivity contribution in [3.05, 3.63) is 17.8 Å². The molecule has 2 rings (SSSR count). The van der Waals surface area contributed by atoms with Gasteiger partial charge in [-0.05, 0) is 18.6 Å². The van der Waals surface area contributed by atoms with Crippen molar-refractivity contribution in [1.29, 1.82) is 0 Å². The fraction of sp³-hybridized carbons (Fsp3) is 0.250. The first kappa shape index (κ1) is 7.09. The van der Waals surface area contributed by atoms with E-state index in [1.807, 2.05) is 13.0 Å². The molecule has 4 heteroatoms. The minimum absolute atomic E-state index is 0.503. The number of aromatic amines is 1. The average Bonchev–Trinajstić information content (AvgIpc) is 2.46. The number of imidazole rings is 1. The standard InChI is InChI=1S/C8H9N3O/c1-5-3-6-7(9-4-5)11-8(10-6)12-2/h3-4H,1-2H3,(H,9,10,11). The normalized spacial score (nSPS) is 10.5. The Bertz CT molecular complexity index is 408. The minimum atomic E-state index is 0.503. The number of rotatable bonds is 1. The third-order valence-corrected chi connectivity index (χ3v) is 1.65. The lowest BCUT2D eigenvalue weighted by molar-refractivity contribution is 0.386. The zero-order valence-electron chi connectivity index (χ0n) is 6.96. The van der Waals surface area contributed by atoms with Gasteiger partial charge in [0, 0.05) is 6.20 Å². The molecule has 2 aromatic heterocycles. The van der Waals surface area contributed by atoms with Crippen LogP contribution in [0.5, 0.6) is 6.01 Å². The summed E-state index contributed by atoms with van der Waals surface area (Å²) in [5.41, 5.74) is 2.71. The molecule has 0 fully saturated rings. The molecule has 0 radical (unpaired) electrons. The van der Waals surface area contributed by atoms with Gasteiger partial charge in [-0.1, -0.05) is 0 Å². The van der Waals surface area contributed by atoms with Crippen LogP contribution in [0.25, 0.3) is 11.2 Å². The SMILES string of the molecule is COc1nc2ncc(C)cc2[nH]1. The summed E-state index contributed by atoms with van der Waals surface area (Å²) in [6, 6.07) is 2.49. The maximum Gasteiger partial charge on any atom is 0.295 e. The van der Waals surface area contributed by atoms with E-state index in [-0.39, 0.29) is 0 Å². The number of aryl methyl sites for hydroxylation is 1. The number of ether oxygens (including phenoxy) is 1. The Hall–Kier alpha value is -1.58. The summed E-state index contributed by atoms with van der Waals surface area (Å²) in [4.78, 5) is 11.2. The fourth-order valence-electron chi connectivity index (χ4n) is 1.08. The summed E-state index contributed by atoms with van der Waals surface area (Å²) in [6.07, 6.45) is 1.78. The number of pyridine rings is 1. The Morgan fingerprint density at radius 2 is 2.33 bits per heavy atom. The van der Waals surface area contributed by atoms with Crippen molar-refractivity contribution in [2.45, 2.75) is 6.92 Å². The van der Waals surface area contributed by atoms with E-state index < -0.39 is 0 Å². The quantitative estimate of drug-likeness (QED) is 0.688. The molecule has 12 heavy (non-hydrogen) atoms. The van der Waals surface area contributed by atoms with Crippen molar-refractivity contribution in [3.63, 3.8) is 0 Å². The Labute approximate surface area is 69.6 Å². The minimum Gasteiger partial charge on any atom is -0.468 e. The average molecular weight is 163 g/mol. The van der Waals surface area contributed by atoms with Crippen LogP contribution >= 0.6 is 0 Å². The van der Waals surface area contributed by atoms with E-state index in [4.69, 9.17) is 4.74 Å². The van der Waals surface area contributed by atoms with Gasteiger partial charge < -0.3 is 9.72 Å². The predicted molar refractivity (Wildman–Crippen MR) is 45.2 cm³/mol. The van der Waals surface area contributed by atoms with Crippen LogP contribution in [0.2, 0.25) is 0 Å². The van der Waals surface area contributed by atoms with Crippen LogP contribution in [0.3, 0.4) is 0 Å². The second-order valence-corrected chi connectivity index (χ2v) is 2.63. The van der Waals surface area contributed by atoms with Crippen molar-refractivity contribution in [3.8, 4) is 6.01 Å². The Morgan fingerprint density at radius 3 is 3.08 bits per heavy atom. The molecule has 1 N–H and O–H groups in total. The Kier molecular flexibility index (Phi) is 1.46. The van der Waals surface area contributed by atoms with Crippen LogP contribution in [0.15, 0.2) is 12.3 Å². The van der Waals surface area contributed by atoms with Crippen LogP contribution < -0.4 is 4.74 Å². The van der Waals surface area contributed by atoms with Crippen molar-refractivity contribution >= 4 is 11.2 Å². The molecule has 0 aliphatic heterocycles. The second-order valence-electron chi connectivity index (χ2n) is 2.63. The molecule has 0 spiro atoms. The van der Waals surface area contributed by atoms with E-state index in [1.54, 1.807) is 13.3 Å². The zero-order valence-corrected chi connectivity index (χ0v) is 6.96. The molecule has 0 aromatic carbocycles. The first-order valence-electron chi connectivity index (χ1n) is 3.66. The van der Waals surface area contributed by atoms with Gasteiger partial charge in [0.2, 0.25) is 0 Å². The van der Waals surface area contributed by atoms with E-state index in [2.05, 4.69) is 15.0 Å². The summed E-state index contributed by atoms with van der Waals surface area (Å²) >= 11 is 0. The molecule has 0 aliphatic rings. The van der Waals surface area contributed by atoms with Crippen molar-refractivity contribution in [2.24, 2.45) is 0 Å². The molecule has 0 bridgehead atoms. The van der Waals surface area contributed by atoms with Gasteiger partial charge in [-0.15, -0.1) is 0 Å². The highest BCUT2D eigenvalue weighted by Gasteiger charge is 2.02. The van der Waals surface area contributed by atoms with Crippen LogP contribution in [0.4, 0.5) is 0 Å². The molecule has 62 valence electrons. The molecule has 0 atom stereocenters. The van der Waals surface area contributed by atoms with Crippen molar-refractivity contribution < 1.29 is 4.74 Å². The number of nitrogens with one attached hydrogen (secondary N) is 1. The lowest BCUT2D eigenvalue weighted by Gasteiger charge is -1.88. The van der Waals surface area contributed by atoms with Crippen LogP contribution in [-0.2, 0) is 0 Å². The van der Waals surface area contributed by atoms with Gasteiger partial charge in [-0.3, -0.25) is 0 Å². The highest BCUT2D eigenvalue weighted by Crippen LogP contribution is 2.13. The van der Waals surface area contributed by atoms with Gasteiger partial charge in [-0.2, -0.15) is 4.98 Å². The monoisotopic (exact) mass is 163 g/mol. The number of fused-ring (bicyclic) bond motifs is 1. The van der Waals surface area contributed by atoms with E-state index in [1.165, 1.54) is 0 Å². The predicted octanol–water partition coefficient (Wildman–Crippen LogP) is 1.27. The van der Waals surface area contributed by atoms with Gasteiger partial charge in [0.25, 0.3) is 6.01 Å². The van der Waals surface area contributed by atoms with Crippen molar-refractivity contribution in [1.82, 2.24) is 15.0 Å². The smallest absolute Gasteiger partial charge is 0.295 e. The number of nitrogens with zero attached hydrogens (tertiary/aromatic N) is 2. The summed E-state index contributed by atoms with van der Waals surface area (Å²) in [7, 11) is 1.57. The summed E-state index contributed by atoms with van der Waals surface area (Å²) in [5, 5.41) is 0. The van der Waals surface area contributed by atoms with E-state index >= 15 is 0 Å². The lowest BCUT2D eigenvalue weighted by Crippen LogP contribution is -1.82. The van der Waals surface area contributed by atoms with Gasteiger partial charge in [0.05, 0.1) is 12.6 Å². The van der Waals surface area contributed by atoms with Crippen molar-refractivity contribution in [2.75, 3.05) is 7.11 Å². The maximum atomic E-state index is 4.93. The third-order valence-electron chi connectivity index (χ3n) is 1.65. The molecule has 0 saturated carbocycles. The molecule has 0 amide bonds. The Balaban J connectivity index is 2.67. The number of hydrogen-bond acceptors (Lipinski definition) is 3. The van der Waals surface area contributed by atoms with E-state index in [9.17, 15) is 0 Å². The van der Waals surface area contributed by atoms with Crippen LogP contribution in [0.1, 0.15) is 5.56 Å². The largest absolute Gasteiger partial charge is 0.468 e. The van der Waals surface area contributed by atoms with Gasteiger partial charge in [-0.25, -0.2) is 4.98 Å². The first-order chi connectivity index (χ1) is 5.79. The topological polar surface area (TPSA) is 50.8 Å². The molecular formula is C8H9N3O. The molecule has 2 aromatic rings. The summed E-state index contributed by atoms with van der Waals surface area (Å²) in [6.45, 7) is 1.99. The maximum absolute atomic E-state index is 4.93. The molecule has 0 aliphatic carbocycles. The Morgan fingerprint density at radius 1 is 1.50 bits per heavy atom. The summed E-state index contributed by atoms with van der Waals surface area (Å²) < 4.78 is 4.93. The lowest BCUT2D eigenvalue weighted by atomic mass is 10.3. The second kappa shape index (κ2) is 2.48. The molecule has 0 unspecified atom stereocenters. The number of aromatic nitrogens is 3. The van der Waals surface area contributed by atoms with Gasteiger partial charge in [0.15, 0.2) is 5.65 Å². The molecule has 0 saturated heterocycles. The molecular weight excluding hydrogens is 154 g/mol. The van der Waals surface area contributed by atoms with Gasteiger partial charge >= 0.3 is 0 Å². The highest BCUT2D eigenvalue weighted by molar-refractivity contribution is 5.71. The molecule has 4 nitrogen and oxygen atoms in total. The van der Waals surface area contributed by atoms with E-state index in [0.29, 0.717) is 11.7 Å². The number of methoxy groups -OCH3 is 1. The third kappa shape index (κ3) is 1.01. The zero-order chi connectivity index (χ0) is 8.55. The number of hydrogen-bond donors (Lipinski definition) is 1. The van der Waals surface area contributed by atoms with Gasteiger partial charge in [0.1, 0.15) is 0 Å². The summed E-state index contributed by atoms with van der Waals surface area (Å²) in [5.74, 6) is 0. The van der Waals surface area contributed by atoms with Crippen LogP contribution in [0, 0.1) is 6.92 Å². The van der Waals surface area contributed by atoms with Crippen LogP contribution in [-0.4, -0.2) is 22.1 Å². The van der Waals surface area contributed by atoms with E-state index in [0.717, 1.165) is 11.1 Å². The molecule has 2 heterocycles. The highest BCUT2D eigenvalue weighted by atomic mass is 16.5.